The van der Waals surface area contributed by atoms with Crippen LogP contribution in [0.4, 0.5) is 4.39 Å². The maximum absolute atomic E-state index is 13.5. The standard InChI is InChI=1S/C9H15FO4S/c1-14-9(11)6-7-2-4-15(12,13)5-3-8(7)10/h7-8H,2-6H2,1H3/t7-,8-/m1/s1. The minimum atomic E-state index is -3.12. The van der Waals surface area contributed by atoms with E-state index in [2.05, 4.69) is 4.74 Å². The number of halogens is 1. The lowest BCUT2D eigenvalue weighted by molar-refractivity contribution is -0.142. The number of carbonyl (C=O) groups excluding carboxylic acids is 1. The zero-order valence-electron chi connectivity index (χ0n) is 8.61. The number of esters is 1. The molecule has 1 aliphatic heterocycles. The van der Waals surface area contributed by atoms with Crippen LogP contribution in [-0.2, 0) is 19.4 Å². The molecule has 0 saturated carbocycles. The van der Waals surface area contributed by atoms with Gasteiger partial charge in [0.15, 0.2) is 0 Å². The van der Waals surface area contributed by atoms with Gasteiger partial charge in [-0.3, -0.25) is 4.79 Å². The third-order valence-electron chi connectivity index (χ3n) is 2.67. The molecule has 0 aromatic heterocycles. The van der Waals surface area contributed by atoms with Gasteiger partial charge in [0, 0.05) is 5.92 Å². The molecule has 0 aromatic carbocycles. The summed E-state index contributed by atoms with van der Waals surface area (Å²) >= 11 is 0. The SMILES string of the molecule is COC(=O)C[C@H]1CCS(=O)(=O)CC[C@H]1F. The lowest BCUT2D eigenvalue weighted by Gasteiger charge is -2.15. The van der Waals surface area contributed by atoms with Crippen LogP contribution < -0.4 is 0 Å². The van der Waals surface area contributed by atoms with E-state index in [1.165, 1.54) is 7.11 Å². The Morgan fingerprint density at radius 2 is 2.00 bits per heavy atom. The highest BCUT2D eigenvalue weighted by molar-refractivity contribution is 7.91. The molecular weight excluding hydrogens is 223 g/mol. The van der Waals surface area contributed by atoms with Crippen LogP contribution in [0.25, 0.3) is 0 Å². The van der Waals surface area contributed by atoms with Crippen molar-refractivity contribution in [3.63, 3.8) is 0 Å². The van der Waals surface area contributed by atoms with Gasteiger partial charge in [-0.05, 0) is 12.8 Å². The number of sulfone groups is 1. The number of carbonyl (C=O) groups is 1. The first kappa shape index (κ1) is 12.4. The van der Waals surface area contributed by atoms with Gasteiger partial charge < -0.3 is 4.74 Å². The molecule has 0 bridgehead atoms. The van der Waals surface area contributed by atoms with Crippen LogP contribution in [0.1, 0.15) is 19.3 Å². The van der Waals surface area contributed by atoms with E-state index in [9.17, 15) is 17.6 Å². The molecule has 0 N–H and O–H groups in total. The summed E-state index contributed by atoms with van der Waals surface area (Å²) in [5.41, 5.74) is 0. The van der Waals surface area contributed by atoms with Crippen molar-refractivity contribution < 1.29 is 22.3 Å². The van der Waals surface area contributed by atoms with Crippen LogP contribution in [0, 0.1) is 5.92 Å². The van der Waals surface area contributed by atoms with Crippen molar-refractivity contribution >= 4 is 15.8 Å². The van der Waals surface area contributed by atoms with Crippen LogP contribution in [0.5, 0.6) is 0 Å². The highest BCUT2D eigenvalue weighted by Gasteiger charge is 2.30. The van der Waals surface area contributed by atoms with Crippen molar-refractivity contribution in [2.75, 3.05) is 18.6 Å². The molecule has 88 valence electrons. The van der Waals surface area contributed by atoms with E-state index in [0.29, 0.717) is 0 Å². The molecule has 1 aliphatic rings. The fourth-order valence-corrected chi connectivity index (χ4v) is 3.12. The van der Waals surface area contributed by atoms with Gasteiger partial charge in [0.2, 0.25) is 0 Å². The van der Waals surface area contributed by atoms with Crippen LogP contribution in [0.3, 0.4) is 0 Å². The van der Waals surface area contributed by atoms with Gasteiger partial charge in [0.25, 0.3) is 0 Å². The molecule has 0 aromatic rings. The molecule has 1 fully saturated rings. The molecule has 0 aliphatic carbocycles. The summed E-state index contributed by atoms with van der Waals surface area (Å²) in [4.78, 5) is 11.0. The first-order valence-electron chi connectivity index (χ1n) is 4.86. The maximum atomic E-state index is 13.5. The Balaban J connectivity index is 2.61. The van der Waals surface area contributed by atoms with E-state index >= 15 is 0 Å². The van der Waals surface area contributed by atoms with Gasteiger partial charge in [0.05, 0.1) is 25.0 Å². The number of alkyl halides is 1. The molecule has 0 amide bonds. The normalized spacial score (nSPS) is 30.5. The number of methoxy groups -OCH3 is 1. The second-order valence-electron chi connectivity index (χ2n) is 3.79. The van der Waals surface area contributed by atoms with Gasteiger partial charge in [-0.2, -0.15) is 0 Å². The molecule has 2 atom stereocenters. The minimum Gasteiger partial charge on any atom is -0.469 e. The smallest absolute Gasteiger partial charge is 0.305 e. The first-order valence-corrected chi connectivity index (χ1v) is 6.68. The van der Waals surface area contributed by atoms with Crippen molar-refractivity contribution in [1.82, 2.24) is 0 Å². The summed E-state index contributed by atoms with van der Waals surface area (Å²) in [5.74, 6) is -1.15. The highest BCUT2D eigenvalue weighted by atomic mass is 32.2. The van der Waals surface area contributed by atoms with Gasteiger partial charge in [-0.15, -0.1) is 0 Å². The second-order valence-corrected chi connectivity index (χ2v) is 6.09. The van der Waals surface area contributed by atoms with Crippen LogP contribution in [0.15, 0.2) is 0 Å². The van der Waals surface area contributed by atoms with E-state index in [1.807, 2.05) is 0 Å². The van der Waals surface area contributed by atoms with E-state index in [-0.39, 0.29) is 30.8 Å². The van der Waals surface area contributed by atoms with E-state index < -0.39 is 27.9 Å². The maximum Gasteiger partial charge on any atom is 0.305 e. The second kappa shape index (κ2) is 4.92. The van der Waals surface area contributed by atoms with Crippen LogP contribution in [-0.4, -0.2) is 39.2 Å². The average Bonchev–Trinajstić information content (AvgIpc) is 2.31. The summed E-state index contributed by atoms with van der Waals surface area (Å²) in [6, 6.07) is 0. The summed E-state index contributed by atoms with van der Waals surface area (Å²) in [7, 11) is -1.88. The molecule has 0 unspecified atom stereocenters. The number of hydrogen-bond donors (Lipinski definition) is 0. The fourth-order valence-electron chi connectivity index (χ4n) is 1.67. The van der Waals surface area contributed by atoms with Crippen molar-refractivity contribution in [3.05, 3.63) is 0 Å². The molecule has 15 heavy (non-hydrogen) atoms. The zero-order valence-corrected chi connectivity index (χ0v) is 9.43. The first-order chi connectivity index (χ1) is 6.94. The molecule has 1 saturated heterocycles. The predicted molar refractivity (Wildman–Crippen MR) is 52.9 cm³/mol. The van der Waals surface area contributed by atoms with Crippen LogP contribution in [0.2, 0.25) is 0 Å². The Labute approximate surface area is 88.7 Å². The highest BCUT2D eigenvalue weighted by Crippen LogP contribution is 2.25. The Morgan fingerprint density at radius 1 is 1.40 bits per heavy atom. The van der Waals surface area contributed by atoms with E-state index in [1.54, 1.807) is 0 Å². The molecule has 0 radical (unpaired) electrons. The fraction of sp³-hybridized carbons (Fsp3) is 0.889. The van der Waals surface area contributed by atoms with Crippen molar-refractivity contribution in [2.45, 2.75) is 25.4 Å². The third kappa shape index (κ3) is 3.77. The van der Waals surface area contributed by atoms with E-state index in [0.717, 1.165) is 0 Å². The Bertz CT molecular complexity index is 325. The molecule has 1 heterocycles. The van der Waals surface area contributed by atoms with Crippen molar-refractivity contribution in [2.24, 2.45) is 5.92 Å². The molecule has 0 spiro atoms. The quantitative estimate of drug-likeness (QED) is 0.665. The zero-order chi connectivity index (χ0) is 11.5. The number of rotatable bonds is 2. The Hall–Kier alpha value is -0.650. The number of hydrogen-bond acceptors (Lipinski definition) is 4. The largest absolute Gasteiger partial charge is 0.469 e. The molecule has 1 rings (SSSR count). The van der Waals surface area contributed by atoms with E-state index in [4.69, 9.17) is 0 Å². The number of ether oxygens (including phenoxy) is 1. The third-order valence-corrected chi connectivity index (χ3v) is 4.39. The summed E-state index contributed by atoms with van der Waals surface area (Å²) in [6.45, 7) is 0. The average molecular weight is 238 g/mol. The summed E-state index contributed by atoms with van der Waals surface area (Å²) in [6.07, 6.45) is -1.06. The van der Waals surface area contributed by atoms with Gasteiger partial charge in [-0.25, -0.2) is 12.8 Å². The van der Waals surface area contributed by atoms with Gasteiger partial charge >= 0.3 is 5.97 Å². The Kier molecular flexibility index (Phi) is 4.07. The monoisotopic (exact) mass is 238 g/mol. The van der Waals surface area contributed by atoms with Crippen molar-refractivity contribution in [1.29, 1.82) is 0 Å². The molecular formula is C9H15FO4S. The van der Waals surface area contributed by atoms with Crippen molar-refractivity contribution in [3.8, 4) is 0 Å². The minimum absolute atomic E-state index is 0.00993. The van der Waals surface area contributed by atoms with Crippen LogP contribution >= 0.6 is 0 Å². The summed E-state index contributed by atoms with van der Waals surface area (Å²) < 4.78 is 40.4. The summed E-state index contributed by atoms with van der Waals surface area (Å²) in [5, 5.41) is 0. The lowest BCUT2D eigenvalue weighted by atomic mass is 9.95. The lowest BCUT2D eigenvalue weighted by Crippen LogP contribution is -2.20. The Morgan fingerprint density at radius 3 is 2.60 bits per heavy atom. The van der Waals surface area contributed by atoms with Gasteiger partial charge in [-0.1, -0.05) is 0 Å². The molecule has 6 heteroatoms. The predicted octanol–water partition coefficient (Wildman–Crippen LogP) is 0.712. The van der Waals surface area contributed by atoms with Gasteiger partial charge in [0.1, 0.15) is 16.0 Å². The topological polar surface area (TPSA) is 60.4 Å². The molecule has 4 nitrogen and oxygen atoms in total.